The molecule has 4 aliphatic carbocycles. The molecular formula is C21H36I2. The average molecular weight is 542 g/mol. The molecule has 2 heteroatoms. The Morgan fingerprint density at radius 1 is 0.826 bits per heavy atom. The Morgan fingerprint density at radius 3 is 1.87 bits per heavy atom. The van der Waals surface area contributed by atoms with E-state index in [0.717, 1.165) is 23.7 Å². The lowest BCUT2D eigenvalue weighted by molar-refractivity contribution is -0.136. The van der Waals surface area contributed by atoms with E-state index in [2.05, 4.69) is 72.9 Å². The zero-order valence-electron chi connectivity index (χ0n) is 15.6. The predicted molar refractivity (Wildman–Crippen MR) is 119 cm³/mol. The van der Waals surface area contributed by atoms with Crippen LogP contribution in [0.1, 0.15) is 79.1 Å². The predicted octanol–water partition coefficient (Wildman–Crippen LogP) is 7.52. The van der Waals surface area contributed by atoms with Crippen molar-refractivity contribution in [1.29, 1.82) is 0 Å². The highest BCUT2D eigenvalue weighted by atomic mass is 127. The first-order valence-electron chi connectivity index (χ1n) is 9.96. The van der Waals surface area contributed by atoms with Crippen LogP contribution in [0.3, 0.4) is 0 Å². The van der Waals surface area contributed by atoms with Gasteiger partial charge in [-0.1, -0.05) is 72.9 Å². The lowest BCUT2D eigenvalue weighted by atomic mass is 9.42. The van der Waals surface area contributed by atoms with Crippen molar-refractivity contribution in [2.45, 2.75) is 79.1 Å². The van der Waals surface area contributed by atoms with Gasteiger partial charge < -0.3 is 0 Å². The normalized spacial score (nSPS) is 48.8. The minimum absolute atomic E-state index is 0.586. The molecule has 4 rings (SSSR count). The van der Waals surface area contributed by atoms with E-state index < -0.39 is 0 Å². The van der Waals surface area contributed by atoms with Gasteiger partial charge in [0.2, 0.25) is 0 Å². The van der Waals surface area contributed by atoms with Crippen molar-refractivity contribution in [3.05, 3.63) is 0 Å². The Labute approximate surface area is 172 Å². The Kier molecular flexibility index (Phi) is 5.76. The quantitative estimate of drug-likeness (QED) is 0.249. The van der Waals surface area contributed by atoms with Crippen LogP contribution >= 0.6 is 45.2 Å². The lowest BCUT2D eigenvalue weighted by Crippen LogP contribution is -2.56. The molecule has 4 atom stereocenters. The summed E-state index contributed by atoms with van der Waals surface area (Å²) in [5, 5.41) is 0. The van der Waals surface area contributed by atoms with E-state index in [0.29, 0.717) is 16.2 Å². The maximum Gasteiger partial charge on any atom is 0.00521 e. The Hall–Kier alpha value is 1.46. The summed E-state index contributed by atoms with van der Waals surface area (Å²) in [6.45, 7) is 10.1. The molecule has 4 fully saturated rings. The maximum absolute atomic E-state index is 2.69. The summed E-state index contributed by atoms with van der Waals surface area (Å²) in [5.41, 5.74) is 1.95. The van der Waals surface area contributed by atoms with Crippen LogP contribution in [0.15, 0.2) is 0 Å². The van der Waals surface area contributed by atoms with Gasteiger partial charge in [-0.3, -0.25) is 0 Å². The van der Waals surface area contributed by atoms with Gasteiger partial charge in [-0.05, 0) is 91.3 Å². The molecule has 134 valence electrons. The van der Waals surface area contributed by atoms with Gasteiger partial charge in [0.1, 0.15) is 0 Å². The summed E-state index contributed by atoms with van der Waals surface area (Å²) in [4.78, 5) is 0. The smallest absolute Gasteiger partial charge is 0.00521 e. The van der Waals surface area contributed by atoms with Crippen molar-refractivity contribution in [3.63, 3.8) is 0 Å². The van der Waals surface area contributed by atoms with Crippen LogP contribution in [0.4, 0.5) is 0 Å². The van der Waals surface area contributed by atoms with Gasteiger partial charge in [-0.2, -0.15) is 0 Å². The average Bonchev–Trinajstić information content (AvgIpc) is 2.57. The number of rotatable bonds is 5. The first-order valence-corrected chi connectivity index (χ1v) is 13.0. The molecule has 0 aromatic carbocycles. The molecule has 0 nitrogen and oxygen atoms in total. The summed E-state index contributed by atoms with van der Waals surface area (Å²) in [6, 6.07) is 0. The Balaban J connectivity index is 1.78. The minimum atomic E-state index is 0.586. The van der Waals surface area contributed by atoms with Crippen molar-refractivity contribution >= 4 is 45.2 Å². The van der Waals surface area contributed by atoms with Gasteiger partial charge in [-0.25, -0.2) is 0 Å². The first-order chi connectivity index (χ1) is 10.8. The van der Waals surface area contributed by atoms with E-state index in [1.807, 2.05) is 0 Å². The van der Waals surface area contributed by atoms with Crippen molar-refractivity contribution in [2.24, 2.45) is 39.9 Å². The standard InChI is InChI=1S/C21H36I2/c1-5-20(13-22)8-7-19(3,4)17(12-20)18-15-9-16(18)11-21(6-2,10-15)14-23/h15-18H,5-14H2,1-4H3. The molecule has 0 N–H and O–H groups in total. The summed E-state index contributed by atoms with van der Waals surface area (Å²) in [7, 11) is 0. The molecule has 4 unspecified atom stereocenters. The fourth-order valence-electron chi connectivity index (χ4n) is 6.49. The third-order valence-corrected chi connectivity index (χ3v) is 11.8. The second-order valence-electron chi connectivity index (χ2n) is 10.0. The van der Waals surface area contributed by atoms with Crippen LogP contribution in [0, 0.1) is 39.9 Å². The monoisotopic (exact) mass is 542 g/mol. The number of hydrogen-bond donors (Lipinski definition) is 0. The largest absolute Gasteiger partial charge is 0.0858 e. The lowest BCUT2D eigenvalue weighted by Gasteiger charge is -2.64. The highest BCUT2D eigenvalue weighted by molar-refractivity contribution is 14.1. The SMILES string of the molecule is CCC1(CI)CC2CC(C1)C2C1CC(CC)(CI)CCC1(C)C. The third kappa shape index (κ3) is 3.27. The number of halogens is 2. The molecule has 0 radical (unpaired) electrons. The molecule has 2 bridgehead atoms. The molecule has 0 aromatic heterocycles. The number of fused-ring (bicyclic) bond motifs is 2. The highest BCUT2D eigenvalue weighted by Crippen LogP contribution is 2.66. The van der Waals surface area contributed by atoms with Gasteiger partial charge in [0.15, 0.2) is 0 Å². The van der Waals surface area contributed by atoms with Crippen molar-refractivity contribution < 1.29 is 0 Å². The van der Waals surface area contributed by atoms with E-state index in [-0.39, 0.29) is 0 Å². The van der Waals surface area contributed by atoms with Crippen LogP contribution < -0.4 is 0 Å². The van der Waals surface area contributed by atoms with E-state index in [4.69, 9.17) is 0 Å². The fraction of sp³-hybridized carbons (Fsp3) is 1.00. The molecule has 4 aliphatic rings. The molecule has 0 amide bonds. The second-order valence-corrected chi connectivity index (χ2v) is 11.5. The van der Waals surface area contributed by atoms with Crippen LogP contribution in [0.5, 0.6) is 0 Å². The molecule has 0 saturated heterocycles. The van der Waals surface area contributed by atoms with Crippen molar-refractivity contribution in [2.75, 3.05) is 8.86 Å². The second kappa shape index (κ2) is 6.88. The zero-order valence-corrected chi connectivity index (χ0v) is 20.0. The van der Waals surface area contributed by atoms with E-state index in [1.165, 1.54) is 41.0 Å². The van der Waals surface area contributed by atoms with Gasteiger partial charge >= 0.3 is 0 Å². The molecular weight excluding hydrogens is 506 g/mol. The summed E-state index contributed by atoms with van der Waals surface area (Å²) < 4.78 is 2.77. The van der Waals surface area contributed by atoms with Gasteiger partial charge in [0.05, 0.1) is 0 Å². The first kappa shape index (κ1) is 19.2. The van der Waals surface area contributed by atoms with E-state index in [9.17, 15) is 0 Å². The van der Waals surface area contributed by atoms with Crippen LogP contribution in [-0.2, 0) is 0 Å². The number of hydrogen-bond acceptors (Lipinski definition) is 0. The van der Waals surface area contributed by atoms with E-state index >= 15 is 0 Å². The van der Waals surface area contributed by atoms with Crippen LogP contribution in [0.2, 0.25) is 0 Å². The number of alkyl halides is 2. The van der Waals surface area contributed by atoms with Crippen molar-refractivity contribution in [1.82, 2.24) is 0 Å². The molecule has 0 aliphatic heterocycles. The highest BCUT2D eigenvalue weighted by Gasteiger charge is 2.58. The third-order valence-electron chi connectivity index (χ3n) is 8.57. The van der Waals surface area contributed by atoms with Crippen LogP contribution in [-0.4, -0.2) is 8.86 Å². The fourth-order valence-corrected chi connectivity index (χ4v) is 8.88. The maximum atomic E-state index is 2.69. The van der Waals surface area contributed by atoms with Gasteiger partial charge in [0.25, 0.3) is 0 Å². The van der Waals surface area contributed by atoms with Gasteiger partial charge in [-0.15, -0.1) is 0 Å². The summed E-state index contributed by atoms with van der Waals surface area (Å²) in [6.07, 6.45) is 11.9. The van der Waals surface area contributed by atoms with Crippen LogP contribution in [0.25, 0.3) is 0 Å². The summed E-state index contributed by atoms with van der Waals surface area (Å²) >= 11 is 5.36. The topological polar surface area (TPSA) is 0 Å². The van der Waals surface area contributed by atoms with Gasteiger partial charge in [0, 0.05) is 8.86 Å². The summed E-state index contributed by atoms with van der Waals surface area (Å²) in [5.74, 6) is 4.20. The Morgan fingerprint density at radius 2 is 1.39 bits per heavy atom. The Bertz CT molecular complexity index is 406. The molecule has 0 heterocycles. The minimum Gasteiger partial charge on any atom is -0.0858 e. The molecule has 0 spiro atoms. The van der Waals surface area contributed by atoms with E-state index in [1.54, 1.807) is 19.3 Å². The molecule has 23 heavy (non-hydrogen) atoms. The molecule has 4 saturated carbocycles. The van der Waals surface area contributed by atoms with Crippen molar-refractivity contribution in [3.8, 4) is 0 Å². The molecule has 0 aromatic rings. The zero-order chi connectivity index (χ0) is 16.9.